The van der Waals surface area contributed by atoms with Crippen LogP contribution in [0.15, 0.2) is 4.52 Å². The fraction of sp³-hybridized carbons (Fsp3) is 0.867. The number of hydrogen-bond acceptors (Lipinski definition) is 5. The van der Waals surface area contributed by atoms with Gasteiger partial charge in [-0.3, -0.25) is 0 Å². The minimum atomic E-state index is -0.330. The van der Waals surface area contributed by atoms with Gasteiger partial charge in [0.2, 0.25) is 11.7 Å². The highest BCUT2D eigenvalue weighted by molar-refractivity contribution is 5.07. The van der Waals surface area contributed by atoms with Crippen LogP contribution < -0.4 is 5.32 Å². The predicted octanol–water partition coefficient (Wildman–Crippen LogP) is 2.44. The molecule has 2 unspecified atom stereocenters. The van der Waals surface area contributed by atoms with Crippen molar-refractivity contribution in [1.29, 1.82) is 0 Å². The lowest BCUT2D eigenvalue weighted by Crippen LogP contribution is -2.34. The molecule has 0 amide bonds. The molecule has 0 aromatic carbocycles. The number of aromatic nitrogens is 2. The molecule has 0 radical (unpaired) electrons. The molecule has 3 rings (SSSR count). The van der Waals surface area contributed by atoms with Gasteiger partial charge < -0.3 is 14.6 Å². The summed E-state index contributed by atoms with van der Waals surface area (Å²) in [5.74, 6) is 3.18. The normalized spacial score (nSPS) is 38.2. The Morgan fingerprint density at radius 1 is 1.25 bits per heavy atom. The zero-order valence-electron chi connectivity index (χ0n) is 12.7. The maximum Gasteiger partial charge on any atom is 0.231 e. The van der Waals surface area contributed by atoms with E-state index in [2.05, 4.69) is 24.3 Å². The summed E-state index contributed by atoms with van der Waals surface area (Å²) < 4.78 is 11.4. The fourth-order valence-corrected chi connectivity index (χ4v) is 3.46. The SMILES string of the molecule is COC1(c2noc(C3CNCC3C)n2)CCC(C)CC1. The summed E-state index contributed by atoms with van der Waals surface area (Å²) in [4.78, 5) is 4.69. The van der Waals surface area contributed by atoms with Crippen LogP contribution in [0.5, 0.6) is 0 Å². The Kier molecular flexibility index (Phi) is 3.82. The van der Waals surface area contributed by atoms with E-state index in [0.717, 1.165) is 43.6 Å². The Bertz CT molecular complexity index is 452. The molecule has 2 atom stereocenters. The Labute approximate surface area is 120 Å². The Morgan fingerprint density at radius 2 is 2.00 bits per heavy atom. The molecule has 1 N–H and O–H groups in total. The molecular formula is C15H25N3O2. The summed E-state index contributed by atoms with van der Waals surface area (Å²) in [7, 11) is 1.77. The first-order valence-electron chi connectivity index (χ1n) is 7.74. The van der Waals surface area contributed by atoms with Crippen LogP contribution in [0.1, 0.15) is 57.2 Å². The van der Waals surface area contributed by atoms with Gasteiger partial charge in [-0.25, -0.2) is 0 Å². The molecule has 0 spiro atoms. The molecule has 112 valence electrons. The molecule has 1 saturated heterocycles. The van der Waals surface area contributed by atoms with Crippen LogP contribution in [0.3, 0.4) is 0 Å². The molecule has 1 aromatic heterocycles. The second kappa shape index (κ2) is 5.45. The van der Waals surface area contributed by atoms with E-state index in [1.54, 1.807) is 7.11 Å². The minimum absolute atomic E-state index is 0.330. The van der Waals surface area contributed by atoms with Crippen LogP contribution in [-0.4, -0.2) is 30.3 Å². The molecule has 2 heterocycles. The molecule has 20 heavy (non-hydrogen) atoms. The number of rotatable bonds is 3. The Hall–Kier alpha value is -0.940. The number of nitrogens with zero attached hydrogens (tertiary/aromatic N) is 2. The highest BCUT2D eigenvalue weighted by atomic mass is 16.5. The molecule has 1 aliphatic heterocycles. The van der Waals surface area contributed by atoms with Crippen molar-refractivity contribution in [2.45, 2.75) is 51.0 Å². The molecule has 2 aliphatic rings. The first kappa shape index (κ1) is 14.0. The monoisotopic (exact) mass is 279 g/mol. The predicted molar refractivity (Wildman–Crippen MR) is 75.4 cm³/mol. The molecular weight excluding hydrogens is 254 g/mol. The largest absolute Gasteiger partial charge is 0.370 e. The molecule has 0 bridgehead atoms. The van der Waals surface area contributed by atoms with Gasteiger partial charge in [-0.1, -0.05) is 19.0 Å². The molecule has 5 heteroatoms. The van der Waals surface area contributed by atoms with Gasteiger partial charge in [0.15, 0.2) is 0 Å². The molecule has 1 saturated carbocycles. The van der Waals surface area contributed by atoms with Gasteiger partial charge in [-0.2, -0.15) is 4.98 Å². The summed E-state index contributed by atoms with van der Waals surface area (Å²) in [6.45, 7) is 6.48. The lowest BCUT2D eigenvalue weighted by Gasteiger charge is -2.35. The van der Waals surface area contributed by atoms with E-state index in [1.807, 2.05) is 0 Å². The quantitative estimate of drug-likeness (QED) is 0.921. The highest BCUT2D eigenvalue weighted by Gasteiger charge is 2.41. The van der Waals surface area contributed by atoms with Crippen LogP contribution in [0.25, 0.3) is 0 Å². The number of nitrogens with one attached hydrogen (secondary N) is 1. The second-order valence-electron chi connectivity index (χ2n) is 6.58. The van der Waals surface area contributed by atoms with E-state index in [-0.39, 0.29) is 5.60 Å². The van der Waals surface area contributed by atoms with E-state index >= 15 is 0 Å². The Morgan fingerprint density at radius 3 is 2.60 bits per heavy atom. The third-order valence-electron chi connectivity index (χ3n) is 5.16. The van der Waals surface area contributed by atoms with Crippen molar-refractivity contribution in [2.24, 2.45) is 11.8 Å². The first-order chi connectivity index (χ1) is 9.64. The standard InChI is InChI=1S/C15H25N3O2/c1-10-4-6-15(19-3,7-5-10)14-17-13(20-18-14)12-9-16-8-11(12)2/h10-12,16H,4-9H2,1-3H3. The van der Waals surface area contributed by atoms with Crippen molar-refractivity contribution in [1.82, 2.24) is 15.5 Å². The van der Waals surface area contributed by atoms with Crippen molar-refractivity contribution in [3.8, 4) is 0 Å². The van der Waals surface area contributed by atoms with E-state index in [9.17, 15) is 0 Å². The van der Waals surface area contributed by atoms with Crippen LogP contribution in [0.4, 0.5) is 0 Å². The van der Waals surface area contributed by atoms with E-state index in [4.69, 9.17) is 14.2 Å². The third-order valence-corrected chi connectivity index (χ3v) is 5.16. The van der Waals surface area contributed by atoms with E-state index in [1.165, 1.54) is 12.8 Å². The van der Waals surface area contributed by atoms with Crippen molar-refractivity contribution in [2.75, 3.05) is 20.2 Å². The topological polar surface area (TPSA) is 60.2 Å². The minimum Gasteiger partial charge on any atom is -0.370 e. The zero-order valence-corrected chi connectivity index (χ0v) is 12.7. The van der Waals surface area contributed by atoms with Gasteiger partial charge in [0.25, 0.3) is 0 Å². The highest BCUT2D eigenvalue weighted by Crippen LogP contribution is 2.41. The fourth-order valence-electron chi connectivity index (χ4n) is 3.46. The zero-order chi connectivity index (χ0) is 14.2. The maximum atomic E-state index is 5.82. The molecule has 2 fully saturated rings. The average Bonchev–Trinajstić information content (AvgIpc) is 3.09. The molecule has 5 nitrogen and oxygen atoms in total. The number of hydrogen-bond donors (Lipinski definition) is 1. The maximum absolute atomic E-state index is 5.82. The van der Waals surface area contributed by atoms with Crippen LogP contribution in [0, 0.1) is 11.8 Å². The van der Waals surface area contributed by atoms with Crippen LogP contribution in [0.2, 0.25) is 0 Å². The second-order valence-corrected chi connectivity index (χ2v) is 6.58. The smallest absolute Gasteiger partial charge is 0.231 e. The van der Waals surface area contributed by atoms with Crippen LogP contribution >= 0.6 is 0 Å². The first-order valence-corrected chi connectivity index (χ1v) is 7.74. The number of ether oxygens (including phenoxy) is 1. The summed E-state index contributed by atoms with van der Waals surface area (Å²) in [5, 5.41) is 7.63. The van der Waals surface area contributed by atoms with Crippen molar-refractivity contribution < 1.29 is 9.26 Å². The van der Waals surface area contributed by atoms with E-state index in [0.29, 0.717) is 11.8 Å². The summed E-state index contributed by atoms with van der Waals surface area (Å²) in [5.41, 5.74) is -0.330. The van der Waals surface area contributed by atoms with Gasteiger partial charge in [0.1, 0.15) is 5.60 Å². The third kappa shape index (κ3) is 2.37. The summed E-state index contributed by atoms with van der Waals surface area (Å²) in [6.07, 6.45) is 4.31. The number of methoxy groups -OCH3 is 1. The molecule has 1 aromatic rings. The lowest BCUT2D eigenvalue weighted by molar-refractivity contribution is -0.0609. The molecule has 1 aliphatic carbocycles. The lowest BCUT2D eigenvalue weighted by atomic mass is 9.79. The Balaban J connectivity index is 1.81. The van der Waals surface area contributed by atoms with Gasteiger partial charge in [0.05, 0.1) is 5.92 Å². The van der Waals surface area contributed by atoms with E-state index < -0.39 is 0 Å². The average molecular weight is 279 g/mol. The van der Waals surface area contributed by atoms with Crippen molar-refractivity contribution in [3.63, 3.8) is 0 Å². The van der Waals surface area contributed by atoms with Gasteiger partial charge >= 0.3 is 0 Å². The summed E-state index contributed by atoms with van der Waals surface area (Å²) in [6, 6.07) is 0. The van der Waals surface area contributed by atoms with Gasteiger partial charge in [-0.05, 0) is 44.1 Å². The van der Waals surface area contributed by atoms with Gasteiger partial charge in [0, 0.05) is 13.7 Å². The van der Waals surface area contributed by atoms with Crippen molar-refractivity contribution in [3.05, 3.63) is 11.7 Å². The van der Waals surface area contributed by atoms with Gasteiger partial charge in [-0.15, -0.1) is 0 Å². The van der Waals surface area contributed by atoms with Crippen molar-refractivity contribution >= 4 is 0 Å². The van der Waals surface area contributed by atoms with Crippen LogP contribution in [-0.2, 0) is 10.3 Å². The summed E-state index contributed by atoms with van der Waals surface area (Å²) >= 11 is 0.